The van der Waals surface area contributed by atoms with Crippen LogP contribution in [0.4, 0.5) is 0 Å². The average molecular weight is 265 g/mol. The monoisotopic (exact) mass is 265 g/mol. The zero-order chi connectivity index (χ0) is 14.1. The molecule has 0 aliphatic heterocycles. The summed E-state index contributed by atoms with van der Waals surface area (Å²) in [6, 6.07) is 15.3. The first-order valence-electron chi connectivity index (χ1n) is 6.52. The Balaban J connectivity index is 2.01. The van der Waals surface area contributed by atoms with Crippen LogP contribution in [0.2, 0.25) is 0 Å². The summed E-state index contributed by atoms with van der Waals surface area (Å²) in [5.41, 5.74) is 3.72. The quantitative estimate of drug-likeness (QED) is 0.784. The smallest absolute Gasteiger partial charge is 0.335 e. The molecule has 100 valence electrons. The summed E-state index contributed by atoms with van der Waals surface area (Å²) in [5.74, 6) is -0.889. The number of carbonyl (C=O) groups is 1. The zero-order valence-corrected chi connectivity index (χ0v) is 11.2. The van der Waals surface area contributed by atoms with E-state index in [9.17, 15) is 4.79 Å². The van der Waals surface area contributed by atoms with Gasteiger partial charge in [0, 0.05) is 23.6 Å². The van der Waals surface area contributed by atoms with E-state index in [1.165, 1.54) is 16.5 Å². The third-order valence-corrected chi connectivity index (χ3v) is 3.51. The van der Waals surface area contributed by atoms with Gasteiger partial charge in [0.25, 0.3) is 0 Å². The number of carboxylic acids is 1. The Kier molecular flexibility index (Phi) is 3.03. The topological polar surface area (TPSA) is 42.2 Å². The van der Waals surface area contributed by atoms with Crippen molar-refractivity contribution in [2.24, 2.45) is 0 Å². The number of aromatic carboxylic acids is 1. The fraction of sp³-hybridized carbons (Fsp3) is 0.118. The minimum Gasteiger partial charge on any atom is -0.478 e. The molecule has 0 amide bonds. The van der Waals surface area contributed by atoms with E-state index >= 15 is 0 Å². The molecular weight excluding hydrogens is 250 g/mol. The van der Waals surface area contributed by atoms with Crippen molar-refractivity contribution in [2.45, 2.75) is 13.5 Å². The number of aromatic nitrogens is 1. The minimum atomic E-state index is -0.889. The van der Waals surface area contributed by atoms with Crippen LogP contribution in [0.5, 0.6) is 0 Å². The average Bonchev–Trinajstić information content (AvgIpc) is 2.76. The summed E-state index contributed by atoms with van der Waals surface area (Å²) in [5, 5.41) is 10.3. The van der Waals surface area contributed by atoms with Crippen LogP contribution in [0.1, 0.15) is 21.5 Å². The molecule has 0 aliphatic rings. The highest BCUT2D eigenvalue weighted by Gasteiger charge is 2.07. The summed E-state index contributed by atoms with van der Waals surface area (Å²) in [7, 11) is 0. The Morgan fingerprint density at radius 3 is 2.75 bits per heavy atom. The van der Waals surface area contributed by atoms with Gasteiger partial charge in [0.2, 0.25) is 0 Å². The van der Waals surface area contributed by atoms with Crippen molar-refractivity contribution in [2.75, 3.05) is 0 Å². The first-order valence-corrected chi connectivity index (χ1v) is 6.52. The van der Waals surface area contributed by atoms with E-state index < -0.39 is 5.97 Å². The Hall–Kier alpha value is -2.55. The van der Waals surface area contributed by atoms with Gasteiger partial charge in [-0.15, -0.1) is 0 Å². The van der Waals surface area contributed by atoms with Gasteiger partial charge in [-0.05, 0) is 36.2 Å². The molecule has 1 N–H and O–H groups in total. The maximum Gasteiger partial charge on any atom is 0.335 e. The predicted octanol–water partition coefficient (Wildman–Crippen LogP) is 3.70. The fourth-order valence-corrected chi connectivity index (χ4v) is 2.56. The standard InChI is InChI=1S/C17H15NO2/c1-12-10-18(16-8-3-2-7-15(12)16)11-13-5-4-6-14(9-13)17(19)20/h2-10H,11H2,1H3,(H,19,20). The van der Waals surface area contributed by atoms with Crippen LogP contribution in [0, 0.1) is 6.92 Å². The molecule has 3 heteroatoms. The molecule has 20 heavy (non-hydrogen) atoms. The van der Waals surface area contributed by atoms with Crippen LogP contribution in [0.15, 0.2) is 54.7 Å². The maximum atomic E-state index is 11.0. The number of hydrogen-bond donors (Lipinski definition) is 1. The van der Waals surface area contributed by atoms with Gasteiger partial charge < -0.3 is 9.67 Å². The van der Waals surface area contributed by atoms with E-state index in [-0.39, 0.29) is 0 Å². The Bertz CT molecular complexity index is 787. The van der Waals surface area contributed by atoms with Gasteiger partial charge in [-0.25, -0.2) is 4.79 Å². The number of nitrogens with zero attached hydrogens (tertiary/aromatic N) is 1. The molecule has 3 aromatic rings. The van der Waals surface area contributed by atoms with Crippen molar-refractivity contribution in [1.82, 2.24) is 4.57 Å². The fourth-order valence-electron chi connectivity index (χ4n) is 2.56. The van der Waals surface area contributed by atoms with Gasteiger partial charge in [0.1, 0.15) is 0 Å². The van der Waals surface area contributed by atoms with Crippen molar-refractivity contribution < 1.29 is 9.90 Å². The first-order chi connectivity index (χ1) is 9.65. The van der Waals surface area contributed by atoms with E-state index in [4.69, 9.17) is 5.11 Å². The van der Waals surface area contributed by atoms with Gasteiger partial charge in [0.15, 0.2) is 0 Å². The maximum absolute atomic E-state index is 11.0. The Labute approximate surface area is 117 Å². The molecule has 1 heterocycles. The molecule has 0 atom stereocenters. The highest BCUT2D eigenvalue weighted by Crippen LogP contribution is 2.21. The van der Waals surface area contributed by atoms with E-state index in [1.807, 2.05) is 18.2 Å². The van der Waals surface area contributed by atoms with E-state index in [2.05, 4.69) is 29.8 Å². The minimum absolute atomic E-state index is 0.329. The third kappa shape index (κ3) is 2.18. The Morgan fingerprint density at radius 2 is 1.95 bits per heavy atom. The summed E-state index contributed by atoms with van der Waals surface area (Å²) >= 11 is 0. The SMILES string of the molecule is Cc1cn(Cc2cccc(C(=O)O)c2)c2ccccc12. The molecule has 0 fully saturated rings. The number of benzene rings is 2. The second kappa shape index (κ2) is 4.85. The lowest BCUT2D eigenvalue weighted by atomic mass is 10.1. The van der Waals surface area contributed by atoms with Gasteiger partial charge in [-0.1, -0.05) is 30.3 Å². The van der Waals surface area contributed by atoms with Crippen molar-refractivity contribution in [3.8, 4) is 0 Å². The van der Waals surface area contributed by atoms with E-state index in [0.717, 1.165) is 5.56 Å². The van der Waals surface area contributed by atoms with Gasteiger partial charge in [0.05, 0.1) is 5.56 Å². The molecule has 0 spiro atoms. The van der Waals surface area contributed by atoms with Gasteiger partial charge in [-0.3, -0.25) is 0 Å². The molecule has 1 aromatic heterocycles. The van der Waals surface area contributed by atoms with Crippen LogP contribution in [0.3, 0.4) is 0 Å². The highest BCUT2D eigenvalue weighted by atomic mass is 16.4. The molecular formula is C17H15NO2. The van der Waals surface area contributed by atoms with Crippen molar-refractivity contribution >= 4 is 16.9 Å². The summed E-state index contributed by atoms with van der Waals surface area (Å²) in [6.07, 6.45) is 2.11. The molecule has 0 saturated carbocycles. The van der Waals surface area contributed by atoms with E-state index in [1.54, 1.807) is 18.2 Å². The largest absolute Gasteiger partial charge is 0.478 e. The molecule has 0 radical (unpaired) electrons. The zero-order valence-electron chi connectivity index (χ0n) is 11.2. The molecule has 0 saturated heterocycles. The van der Waals surface area contributed by atoms with Crippen LogP contribution >= 0.6 is 0 Å². The lowest BCUT2D eigenvalue weighted by Gasteiger charge is -2.06. The summed E-state index contributed by atoms with van der Waals surface area (Å²) in [4.78, 5) is 11.0. The number of rotatable bonds is 3. The second-order valence-electron chi connectivity index (χ2n) is 4.96. The number of aryl methyl sites for hydroxylation is 1. The van der Waals surface area contributed by atoms with E-state index in [0.29, 0.717) is 12.1 Å². The van der Waals surface area contributed by atoms with Crippen molar-refractivity contribution in [1.29, 1.82) is 0 Å². The van der Waals surface area contributed by atoms with Crippen LogP contribution < -0.4 is 0 Å². The first kappa shape index (κ1) is 12.5. The number of hydrogen-bond acceptors (Lipinski definition) is 1. The van der Waals surface area contributed by atoms with Gasteiger partial charge >= 0.3 is 5.97 Å². The molecule has 0 unspecified atom stereocenters. The molecule has 2 aromatic carbocycles. The Morgan fingerprint density at radius 1 is 1.15 bits per heavy atom. The van der Waals surface area contributed by atoms with Crippen LogP contribution in [-0.2, 0) is 6.54 Å². The molecule has 0 aliphatic carbocycles. The lowest BCUT2D eigenvalue weighted by Crippen LogP contribution is -2.01. The second-order valence-corrected chi connectivity index (χ2v) is 4.96. The number of carboxylic acid groups (broad SMARTS) is 1. The summed E-state index contributed by atoms with van der Waals surface area (Å²) < 4.78 is 2.16. The third-order valence-electron chi connectivity index (χ3n) is 3.51. The number of fused-ring (bicyclic) bond motifs is 1. The van der Waals surface area contributed by atoms with Crippen molar-refractivity contribution in [3.63, 3.8) is 0 Å². The number of para-hydroxylation sites is 1. The molecule has 3 rings (SSSR count). The van der Waals surface area contributed by atoms with Crippen LogP contribution in [-0.4, -0.2) is 15.6 Å². The van der Waals surface area contributed by atoms with Crippen LogP contribution in [0.25, 0.3) is 10.9 Å². The highest BCUT2D eigenvalue weighted by molar-refractivity contribution is 5.87. The lowest BCUT2D eigenvalue weighted by molar-refractivity contribution is 0.0696. The van der Waals surface area contributed by atoms with Gasteiger partial charge in [-0.2, -0.15) is 0 Å². The predicted molar refractivity (Wildman–Crippen MR) is 79.2 cm³/mol. The molecule has 3 nitrogen and oxygen atoms in total. The van der Waals surface area contributed by atoms with Crippen molar-refractivity contribution in [3.05, 3.63) is 71.4 Å². The normalized spacial score (nSPS) is 10.8. The molecule has 0 bridgehead atoms. The summed E-state index contributed by atoms with van der Waals surface area (Å²) in [6.45, 7) is 2.77.